The normalized spacial score (nSPS) is 11.2. The molecule has 0 amide bonds. The lowest BCUT2D eigenvalue weighted by molar-refractivity contribution is 0.481. The van der Waals surface area contributed by atoms with E-state index in [1.54, 1.807) is 18.2 Å². The van der Waals surface area contributed by atoms with E-state index in [4.69, 9.17) is 0 Å². The van der Waals surface area contributed by atoms with Gasteiger partial charge in [0.2, 0.25) is 0 Å². The number of hydrogen-bond acceptors (Lipinski definition) is 2. The van der Waals surface area contributed by atoms with E-state index >= 15 is 0 Å². The molecule has 3 nitrogen and oxygen atoms in total. The first-order valence-corrected chi connectivity index (χ1v) is 8.95. The smallest absolute Gasteiger partial charge is 0.282 e. The van der Waals surface area contributed by atoms with Gasteiger partial charge in [0.25, 0.3) is 10.1 Å². The minimum absolute atomic E-state index is 0. The zero-order valence-corrected chi connectivity index (χ0v) is 14.0. The van der Waals surface area contributed by atoms with E-state index in [2.05, 4.69) is 22.9 Å². The van der Waals surface area contributed by atoms with Gasteiger partial charge < -0.3 is 0 Å². The van der Waals surface area contributed by atoms with Crippen molar-refractivity contribution < 1.29 is 17.7 Å². The Labute approximate surface area is 129 Å². The molecule has 0 bridgehead atoms. The van der Waals surface area contributed by atoms with Crippen LogP contribution in [0.1, 0.15) is 51.0 Å². The number of unbranched alkanes of at least 4 members (excludes halogenated alkanes) is 5. The van der Waals surface area contributed by atoms with Gasteiger partial charge in [-0.25, -0.2) is 0 Å². The van der Waals surface area contributed by atoms with Crippen LogP contribution in [0.15, 0.2) is 27.6 Å². The van der Waals surface area contributed by atoms with Crippen LogP contribution in [0.5, 0.6) is 0 Å². The fraction of sp³-hybridized carbons (Fsp3) is 0.571. The van der Waals surface area contributed by atoms with E-state index < -0.39 is 10.1 Å². The number of halogens is 2. The predicted octanol–water partition coefficient (Wildman–Crippen LogP) is 4.75. The lowest BCUT2D eigenvalue weighted by Crippen LogP contribution is -2.04. The second-order valence-electron chi connectivity index (χ2n) is 4.72. The molecule has 0 aliphatic rings. The molecular weight excluding hydrogens is 347 g/mol. The van der Waals surface area contributed by atoms with Gasteiger partial charge in [-0.15, -0.1) is 0 Å². The highest BCUT2D eigenvalue weighted by atomic mass is 79.9. The number of benzene rings is 1. The Morgan fingerprint density at radius 1 is 1.10 bits per heavy atom. The van der Waals surface area contributed by atoms with E-state index in [0.29, 0.717) is 16.5 Å². The molecule has 1 aromatic rings. The molecule has 0 fully saturated rings. The van der Waals surface area contributed by atoms with Crippen molar-refractivity contribution in [3.63, 3.8) is 0 Å². The maximum absolute atomic E-state index is 11.4. The molecular formula is C14H22BrFO3S. The van der Waals surface area contributed by atoms with Gasteiger partial charge in [0.15, 0.2) is 0 Å². The van der Waals surface area contributed by atoms with Crippen molar-refractivity contribution >= 4 is 26.0 Å². The van der Waals surface area contributed by atoms with Gasteiger partial charge in [0.1, 0.15) is 4.90 Å². The monoisotopic (exact) mass is 368 g/mol. The molecule has 0 saturated heterocycles. The first kappa shape index (κ1) is 19.5. The SMILES string of the molecule is CCCCCCCCc1cccc(Br)c1S(=O)(=O)O.F. The van der Waals surface area contributed by atoms with Crippen LogP contribution in [0.25, 0.3) is 0 Å². The highest BCUT2D eigenvalue weighted by molar-refractivity contribution is 9.10. The van der Waals surface area contributed by atoms with Crippen LogP contribution < -0.4 is 0 Å². The summed E-state index contributed by atoms with van der Waals surface area (Å²) in [4.78, 5) is 0.0172. The van der Waals surface area contributed by atoms with Gasteiger partial charge >= 0.3 is 0 Å². The molecule has 0 saturated carbocycles. The maximum atomic E-state index is 11.4. The molecule has 1 N–H and O–H groups in total. The first-order chi connectivity index (χ1) is 8.96. The highest BCUT2D eigenvalue weighted by Gasteiger charge is 2.18. The molecule has 1 rings (SSSR count). The average Bonchev–Trinajstić information content (AvgIpc) is 2.32. The zero-order valence-electron chi connectivity index (χ0n) is 11.6. The Hall–Kier alpha value is -0.460. The molecule has 6 heteroatoms. The summed E-state index contributed by atoms with van der Waals surface area (Å²) in [7, 11) is -4.16. The molecule has 0 radical (unpaired) electrons. The van der Waals surface area contributed by atoms with Crippen LogP contribution in [0.3, 0.4) is 0 Å². The summed E-state index contributed by atoms with van der Waals surface area (Å²) in [5.41, 5.74) is 0.687. The van der Waals surface area contributed by atoms with Crippen LogP contribution in [0.4, 0.5) is 4.70 Å². The van der Waals surface area contributed by atoms with E-state index in [1.807, 2.05) is 0 Å². The molecule has 1 aromatic carbocycles. The Bertz CT molecular complexity index is 503. The van der Waals surface area contributed by atoms with Gasteiger partial charge in [-0.05, 0) is 40.4 Å². The Morgan fingerprint density at radius 2 is 1.70 bits per heavy atom. The second-order valence-corrected chi connectivity index (χ2v) is 6.93. The van der Waals surface area contributed by atoms with Gasteiger partial charge in [0.05, 0.1) is 0 Å². The predicted molar refractivity (Wildman–Crippen MR) is 83.5 cm³/mol. The summed E-state index contributed by atoms with van der Waals surface area (Å²) in [5, 5.41) is 0. The molecule has 0 spiro atoms. The third-order valence-corrected chi connectivity index (χ3v) is 5.03. The van der Waals surface area contributed by atoms with E-state index in [9.17, 15) is 13.0 Å². The summed E-state index contributed by atoms with van der Waals surface area (Å²) < 4.78 is 32.4. The largest absolute Gasteiger partial charge is 0.295 e. The lowest BCUT2D eigenvalue weighted by atomic mass is 10.1. The topological polar surface area (TPSA) is 54.4 Å². The molecule has 0 aromatic heterocycles. The standard InChI is InChI=1S/C14H21BrO3S.FH/c1-2-3-4-5-6-7-9-12-10-8-11-13(15)14(12)19(16,17)18;/h8,10-11H,2-7,9H2,1H3,(H,16,17,18);1H. The van der Waals surface area contributed by atoms with Crippen molar-refractivity contribution in [3.8, 4) is 0 Å². The summed E-state index contributed by atoms with van der Waals surface area (Å²) in [5.74, 6) is 0. The zero-order chi connectivity index (χ0) is 14.3. The van der Waals surface area contributed by atoms with Gasteiger partial charge in [-0.2, -0.15) is 8.42 Å². The van der Waals surface area contributed by atoms with Crippen molar-refractivity contribution in [1.29, 1.82) is 0 Å². The molecule has 0 atom stereocenters. The Balaban J connectivity index is 0.00000361. The highest BCUT2D eigenvalue weighted by Crippen LogP contribution is 2.26. The third-order valence-electron chi connectivity index (χ3n) is 3.11. The van der Waals surface area contributed by atoms with Crippen molar-refractivity contribution in [2.45, 2.75) is 56.8 Å². The fourth-order valence-corrected chi connectivity index (χ4v) is 3.97. The van der Waals surface area contributed by atoms with Crippen LogP contribution in [0.2, 0.25) is 0 Å². The number of aryl methyl sites for hydroxylation is 1. The summed E-state index contributed by atoms with van der Waals surface area (Å²) in [6.07, 6.45) is 7.62. The molecule has 0 aliphatic carbocycles. The first-order valence-electron chi connectivity index (χ1n) is 6.71. The summed E-state index contributed by atoms with van der Waals surface area (Å²) in [6, 6.07) is 5.19. The number of hydrogen-bond donors (Lipinski definition) is 1. The van der Waals surface area contributed by atoms with Crippen LogP contribution >= 0.6 is 15.9 Å². The molecule has 0 unspecified atom stereocenters. The summed E-state index contributed by atoms with van der Waals surface area (Å²) >= 11 is 3.19. The van der Waals surface area contributed by atoms with Crippen molar-refractivity contribution in [1.82, 2.24) is 0 Å². The van der Waals surface area contributed by atoms with Crippen molar-refractivity contribution in [2.24, 2.45) is 0 Å². The Morgan fingerprint density at radius 3 is 2.30 bits per heavy atom. The van der Waals surface area contributed by atoms with Gasteiger partial charge in [0, 0.05) is 4.47 Å². The second kappa shape index (κ2) is 9.47. The van der Waals surface area contributed by atoms with E-state index in [1.165, 1.54) is 25.7 Å². The lowest BCUT2D eigenvalue weighted by Gasteiger charge is -2.09. The minimum Gasteiger partial charge on any atom is -0.282 e. The Kier molecular flexibility index (Phi) is 9.25. The third kappa shape index (κ3) is 6.33. The van der Waals surface area contributed by atoms with Gasteiger partial charge in [-0.1, -0.05) is 51.2 Å². The molecule has 0 aliphatic heterocycles. The van der Waals surface area contributed by atoms with E-state index in [-0.39, 0.29) is 9.60 Å². The average molecular weight is 369 g/mol. The molecule has 20 heavy (non-hydrogen) atoms. The van der Waals surface area contributed by atoms with Crippen LogP contribution in [0, 0.1) is 0 Å². The minimum atomic E-state index is -4.16. The maximum Gasteiger partial charge on any atom is 0.295 e. The van der Waals surface area contributed by atoms with Gasteiger partial charge in [-0.3, -0.25) is 9.26 Å². The molecule has 116 valence electrons. The van der Waals surface area contributed by atoms with Crippen LogP contribution in [-0.4, -0.2) is 13.0 Å². The van der Waals surface area contributed by atoms with Crippen molar-refractivity contribution in [3.05, 3.63) is 28.2 Å². The fourth-order valence-electron chi connectivity index (χ4n) is 2.14. The van der Waals surface area contributed by atoms with Crippen LogP contribution in [-0.2, 0) is 16.5 Å². The quantitative estimate of drug-likeness (QED) is 0.531. The molecule has 0 heterocycles. The number of rotatable bonds is 8. The summed E-state index contributed by atoms with van der Waals surface area (Å²) in [6.45, 7) is 2.18. The van der Waals surface area contributed by atoms with Crippen molar-refractivity contribution in [2.75, 3.05) is 0 Å². The van der Waals surface area contributed by atoms with E-state index in [0.717, 1.165) is 12.8 Å².